The van der Waals surface area contributed by atoms with Crippen LogP contribution in [0.5, 0.6) is 0 Å². The van der Waals surface area contributed by atoms with Crippen LogP contribution in [0.25, 0.3) is 11.1 Å². The number of fused-ring (bicyclic) bond motifs is 2. The van der Waals surface area contributed by atoms with Gasteiger partial charge < -0.3 is 10.2 Å². The molecule has 4 rings (SSSR count). The Kier molecular flexibility index (Phi) is 6.02. The zero-order valence-electron chi connectivity index (χ0n) is 18.6. The van der Waals surface area contributed by atoms with E-state index in [0.29, 0.717) is 5.56 Å². The van der Waals surface area contributed by atoms with Crippen molar-refractivity contribution in [3.8, 4) is 0 Å². The molecule has 0 bridgehead atoms. The number of benzene rings is 2. The number of carboxylic acids is 2. The third-order valence-electron chi connectivity index (χ3n) is 7.51. The Labute approximate surface area is 202 Å². The quantitative estimate of drug-likeness (QED) is 0.665. The molecule has 4 nitrogen and oxygen atoms in total. The summed E-state index contributed by atoms with van der Waals surface area (Å²) in [5.41, 5.74) is 5.11. The topological polar surface area (TPSA) is 74.6 Å². The second-order valence-corrected chi connectivity index (χ2v) is 14.4. The first kappa shape index (κ1) is 24.3. The molecule has 0 aliphatic heterocycles. The molecule has 2 atom stereocenters. The van der Waals surface area contributed by atoms with Gasteiger partial charge >= 0.3 is 30.8 Å². The van der Waals surface area contributed by atoms with Gasteiger partial charge in [-0.25, -0.2) is 0 Å². The summed E-state index contributed by atoms with van der Waals surface area (Å²) in [6.45, 7) is 9.88. The SMILES string of the molecule is CC1=CC(C(=O)O)([Si](C)(C)C2(C(=O)O)C=C(C(C)C)c3ccccc32)c2ccccc21.[LiH]. The fourth-order valence-electron chi connectivity index (χ4n) is 5.83. The molecule has 2 aromatic carbocycles. The van der Waals surface area contributed by atoms with Gasteiger partial charge in [-0.15, -0.1) is 0 Å². The average molecular weight is 441 g/mol. The molecule has 6 heteroatoms. The molecular weight excluding hydrogens is 411 g/mol. The zero-order chi connectivity index (χ0) is 22.8. The van der Waals surface area contributed by atoms with Crippen LogP contribution in [0.3, 0.4) is 0 Å². The predicted octanol–water partition coefficient (Wildman–Crippen LogP) is 4.64. The Morgan fingerprint density at radius 3 is 1.75 bits per heavy atom. The maximum absolute atomic E-state index is 13.2. The first-order valence-corrected chi connectivity index (χ1v) is 13.6. The van der Waals surface area contributed by atoms with Gasteiger partial charge in [0.1, 0.15) is 18.2 Å². The molecular formula is C26H29LiO4Si. The maximum atomic E-state index is 13.2. The van der Waals surface area contributed by atoms with Crippen LogP contribution < -0.4 is 0 Å². The van der Waals surface area contributed by atoms with E-state index in [1.54, 1.807) is 0 Å². The van der Waals surface area contributed by atoms with Crippen molar-refractivity contribution in [2.24, 2.45) is 5.92 Å². The normalized spacial score (nSPS) is 23.7. The number of rotatable bonds is 5. The van der Waals surface area contributed by atoms with E-state index in [1.165, 1.54) is 0 Å². The molecule has 0 heterocycles. The summed E-state index contributed by atoms with van der Waals surface area (Å²) < 4.78 is 0. The van der Waals surface area contributed by atoms with Crippen LogP contribution in [-0.2, 0) is 19.7 Å². The van der Waals surface area contributed by atoms with Gasteiger partial charge in [0.25, 0.3) is 0 Å². The van der Waals surface area contributed by atoms with Crippen molar-refractivity contribution in [2.45, 2.75) is 43.9 Å². The Balaban J connectivity index is 0.00000289. The van der Waals surface area contributed by atoms with E-state index in [2.05, 4.69) is 13.8 Å². The third kappa shape index (κ3) is 2.81. The summed E-state index contributed by atoms with van der Waals surface area (Å²) in [6.07, 6.45) is 3.70. The van der Waals surface area contributed by atoms with Gasteiger partial charge in [0.05, 0.1) is 0 Å². The third-order valence-corrected chi connectivity index (χ3v) is 12.7. The Hall–Kier alpha value is -2.33. The molecule has 2 aliphatic rings. The van der Waals surface area contributed by atoms with Crippen molar-refractivity contribution < 1.29 is 19.8 Å². The van der Waals surface area contributed by atoms with Crippen LogP contribution in [0.15, 0.2) is 60.7 Å². The van der Waals surface area contributed by atoms with Crippen LogP contribution in [0.1, 0.15) is 43.0 Å². The molecule has 0 aromatic heterocycles. The Morgan fingerprint density at radius 1 is 0.812 bits per heavy atom. The van der Waals surface area contributed by atoms with Gasteiger partial charge in [0.15, 0.2) is 0 Å². The van der Waals surface area contributed by atoms with E-state index in [9.17, 15) is 19.8 Å². The molecule has 0 saturated carbocycles. The van der Waals surface area contributed by atoms with Gasteiger partial charge in [-0.05, 0) is 46.2 Å². The summed E-state index contributed by atoms with van der Waals surface area (Å²) in [7, 11) is -3.25. The number of carbonyl (C=O) groups is 2. The van der Waals surface area contributed by atoms with Crippen molar-refractivity contribution in [3.63, 3.8) is 0 Å². The van der Waals surface area contributed by atoms with Crippen LogP contribution >= 0.6 is 0 Å². The molecule has 0 radical (unpaired) electrons. The van der Waals surface area contributed by atoms with E-state index >= 15 is 0 Å². The number of aliphatic carboxylic acids is 2. The van der Waals surface area contributed by atoms with E-state index in [0.717, 1.165) is 27.8 Å². The van der Waals surface area contributed by atoms with E-state index in [4.69, 9.17) is 0 Å². The van der Waals surface area contributed by atoms with E-state index < -0.39 is 30.1 Å². The van der Waals surface area contributed by atoms with Gasteiger partial charge in [-0.1, -0.05) is 87.6 Å². The standard InChI is InChI=1S/C26H28O4Si.Li.H/c1-16(2)20-15-26(24(29)30,22-13-9-7-11-19(20)22)31(4,5)25(23(27)28)14-17(3)18-10-6-8-12-21(18)25;;/h6-16H,1-5H3,(H,27,28)(H,29,30);;. The number of hydrogen-bond donors (Lipinski definition) is 2. The molecule has 2 N–H and O–H groups in total. The monoisotopic (exact) mass is 440 g/mol. The summed E-state index contributed by atoms with van der Waals surface area (Å²) in [6, 6.07) is 15.1. The van der Waals surface area contributed by atoms with Gasteiger partial charge in [0, 0.05) is 0 Å². The Morgan fingerprint density at radius 2 is 1.25 bits per heavy atom. The van der Waals surface area contributed by atoms with Crippen LogP contribution in [0.4, 0.5) is 0 Å². The van der Waals surface area contributed by atoms with E-state index in [-0.39, 0.29) is 24.8 Å². The summed E-state index contributed by atoms with van der Waals surface area (Å²) in [5.74, 6) is -1.82. The predicted molar refractivity (Wildman–Crippen MR) is 133 cm³/mol. The first-order chi connectivity index (χ1) is 14.5. The fourth-order valence-corrected chi connectivity index (χ4v) is 10.4. The number of allylic oxidation sites excluding steroid dienone is 2. The van der Waals surface area contributed by atoms with Crippen LogP contribution in [0.2, 0.25) is 13.1 Å². The average Bonchev–Trinajstić information content (AvgIpc) is 3.24. The van der Waals surface area contributed by atoms with E-state index in [1.807, 2.05) is 80.7 Å². The van der Waals surface area contributed by atoms with Gasteiger partial charge in [-0.3, -0.25) is 9.59 Å². The molecule has 2 aliphatic carbocycles. The summed E-state index contributed by atoms with van der Waals surface area (Å²) in [4.78, 5) is 26.3. The molecule has 32 heavy (non-hydrogen) atoms. The molecule has 2 unspecified atom stereocenters. The van der Waals surface area contributed by atoms with Crippen molar-refractivity contribution in [2.75, 3.05) is 0 Å². The molecule has 0 amide bonds. The minimum absolute atomic E-state index is 0. The summed E-state index contributed by atoms with van der Waals surface area (Å²) in [5, 5.41) is 18.8. The zero-order valence-corrected chi connectivity index (χ0v) is 19.6. The van der Waals surface area contributed by atoms with Gasteiger partial charge in [-0.2, -0.15) is 0 Å². The molecule has 0 spiro atoms. The minimum atomic E-state index is -3.25. The molecule has 162 valence electrons. The second-order valence-electron chi connectivity index (χ2n) is 9.52. The number of hydrogen-bond acceptors (Lipinski definition) is 2. The molecule has 2 aromatic rings. The molecule has 0 saturated heterocycles. The van der Waals surface area contributed by atoms with Crippen LogP contribution in [-0.4, -0.2) is 49.1 Å². The fraction of sp³-hybridized carbons (Fsp3) is 0.308. The molecule has 0 fully saturated rings. The second kappa shape index (κ2) is 7.91. The first-order valence-electron chi connectivity index (χ1n) is 10.6. The van der Waals surface area contributed by atoms with Crippen molar-refractivity contribution in [1.29, 1.82) is 0 Å². The van der Waals surface area contributed by atoms with Crippen molar-refractivity contribution >= 4 is 50.0 Å². The number of carboxylic acid groups (broad SMARTS) is 2. The summed E-state index contributed by atoms with van der Waals surface area (Å²) >= 11 is 0. The Bertz CT molecular complexity index is 1180. The van der Waals surface area contributed by atoms with Crippen molar-refractivity contribution in [1.82, 2.24) is 0 Å². The van der Waals surface area contributed by atoms with Crippen molar-refractivity contribution in [3.05, 3.63) is 82.9 Å². The van der Waals surface area contributed by atoms with Crippen LogP contribution in [0, 0.1) is 5.92 Å². The van der Waals surface area contributed by atoms with Gasteiger partial charge in [0.2, 0.25) is 0 Å².